The predicted octanol–water partition coefficient (Wildman–Crippen LogP) is 2.51. The van der Waals surface area contributed by atoms with Crippen LogP contribution in [0.5, 0.6) is 0 Å². The summed E-state index contributed by atoms with van der Waals surface area (Å²) >= 11 is 0. The molecule has 3 rings (SSSR count). The third-order valence-corrected chi connectivity index (χ3v) is 4.00. The van der Waals surface area contributed by atoms with E-state index in [9.17, 15) is 14.4 Å². The van der Waals surface area contributed by atoms with Crippen LogP contribution in [0.4, 0.5) is 5.69 Å². The number of amides is 2. The summed E-state index contributed by atoms with van der Waals surface area (Å²) in [4.78, 5) is 35.5. The first-order valence-electron chi connectivity index (χ1n) is 8.50. The van der Waals surface area contributed by atoms with Crippen molar-refractivity contribution in [2.75, 3.05) is 11.9 Å². The van der Waals surface area contributed by atoms with Gasteiger partial charge in [-0.25, -0.2) is 0 Å². The Bertz CT molecular complexity index is 783. The van der Waals surface area contributed by atoms with Crippen LogP contribution in [0.25, 0.3) is 0 Å². The van der Waals surface area contributed by atoms with Gasteiger partial charge in [-0.1, -0.05) is 30.3 Å². The molecule has 1 aliphatic rings. The van der Waals surface area contributed by atoms with E-state index in [1.54, 1.807) is 24.3 Å². The lowest BCUT2D eigenvalue weighted by molar-refractivity contribution is -0.143. The van der Waals surface area contributed by atoms with Crippen molar-refractivity contribution in [3.8, 4) is 0 Å². The van der Waals surface area contributed by atoms with E-state index in [-0.39, 0.29) is 30.9 Å². The lowest BCUT2D eigenvalue weighted by Gasteiger charge is -2.08. The van der Waals surface area contributed by atoms with Crippen molar-refractivity contribution in [3.05, 3.63) is 65.7 Å². The van der Waals surface area contributed by atoms with Gasteiger partial charge in [-0.3, -0.25) is 14.4 Å². The summed E-state index contributed by atoms with van der Waals surface area (Å²) in [5.41, 5.74) is 1.95. The molecule has 1 aliphatic carbocycles. The fourth-order valence-corrected chi connectivity index (χ4v) is 2.34. The van der Waals surface area contributed by atoms with Gasteiger partial charge in [-0.15, -0.1) is 0 Å². The molecule has 1 fully saturated rings. The van der Waals surface area contributed by atoms with Crippen molar-refractivity contribution in [2.24, 2.45) is 5.92 Å². The second-order valence-corrected chi connectivity index (χ2v) is 6.17. The minimum atomic E-state index is -0.504. The standard InChI is InChI=1S/C20H20N2O4/c23-18(26-13-14-4-2-1-3-5-14)12-21-19(24)15-8-10-17(11-9-15)22-20(25)16-6-7-16/h1-5,8-11,16H,6-7,12-13H2,(H,21,24)(H,22,25). The van der Waals surface area contributed by atoms with Crippen LogP contribution in [0, 0.1) is 5.92 Å². The highest BCUT2D eigenvalue weighted by Gasteiger charge is 2.29. The molecule has 134 valence electrons. The van der Waals surface area contributed by atoms with Gasteiger partial charge < -0.3 is 15.4 Å². The maximum absolute atomic E-state index is 12.1. The summed E-state index contributed by atoms with van der Waals surface area (Å²) in [6, 6.07) is 15.9. The number of rotatable bonds is 7. The van der Waals surface area contributed by atoms with E-state index in [4.69, 9.17) is 4.74 Å². The van der Waals surface area contributed by atoms with E-state index in [2.05, 4.69) is 10.6 Å². The molecule has 0 unspecified atom stereocenters. The van der Waals surface area contributed by atoms with Crippen LogP contribution in [0.3, 0.4) is 0 Å². The van der Waals surface area contributed by atoms with Gasteiger partial charge in [-0.05, 0) is 42.7 Å². The monoisotopic (exact) mass is 352 g/mol. The van der Waals surface area contributed by atoms with Crippen LogP contribution in [-0.2, 0) is 20.9 Å². The largest absolute Gasteiger partial charge is 0.460 e. The van der Waals surface area contributed by atoms with Crippen LogP contribution in [0.15, 0.2) is 54.6 Å². The average Bonchev–Trinajstić information content (AvgIpc) is 3.51. The van der Waals surface area contributed by atoms with Crippen LogP contribution < -0.4 is 10.6 Å². The number of esters is 1. The van der Waals surface area contributed by atoms with Gasteiger partial charge in [0.1, 0.15) is 13.2 Å². The number of nitrogens with one attached hydrogen (secondary N) is 2. The highest BCUT2D eigenvalue weighted by molar-refractivity contribution is 5.97. The molecule has 0 aliphatic heterocycles. The Balaban J connectivity index is 1.42. The molecule has 26 heavy (non-hydrogen) atoms. The summed E-state index contributed by atoms with van der Waals surface area (Å²) in [7, 11) is 0. The second-order valence-electron chi connectivity index (χ2n) is 6.17. The van der Waals surface area contributed by atoms with E-state index in [1.807, 2.05) is 30.3 Å². The third kappa shape index (κ3) is 5.17. The van der Waals surface area contributed by atoms with E-state index < -0.39 is 5.97 Å². The molecule has 2 aromatic carbocycles. The number of anilines is 1. The molecular weight excluding hydrogens is 332 g/mol. The summed E-state index contributed by atoms with van der Waals surface area (Å²) in [5.74, 6) is -0.736. The lowest BCUT2D eigenvalue weighted by Crippen LogP contribution is -2.30. The fraction of sp³-hybridized carbons (Fsp3) is 0.250. The molecule has 0 spiro atoms. The number of ether oxygens (including phenoxy) is 1. The number of carbonyl (C=O) groups excluding carboxylic acids is 3. The van der Waals surface area contributed by atoms with Gasteiger partial charge >= 0.3 is 5.97 Å². The molecule has 0 saturated heterocycles. The first-order chi connectivity index (χ1) is 12.6. The topological polar surface area (TPSA) is 84.5 Å². The molecule has 6 heteroatoms. The van der Waals surface area contributed by atoms with Crippen molar-refractivity contribution >= 4 is 23.5 Å². The summed E-state index contributed by atoms with van der Waals surface area (Å²) in [5, 5.41) is 5.33. The van der Waals surface area contributed by atoms with Crippen molar-refractivity contribution in [3.63, 3.8) is 0 Å². The van der Waals surface area contributed by atoms with E-state index in [0.717, 1.165) is 18.4 Å². The van der Waals surface area contributed by atoms with Gasteiger partial charge in [0.05, 0.1) is 0 Å². The third-order valence-electron chi connectivity index (χ3n) is 4.00. The Morgan fingerprint density at radius 1 is 0.962 bits per heavy atom. The van der Waals surface area contributed by atoms with Gasteiger partial charge in [0.2, 0.25) is 5.91 Å². The molecule has 2 aromatic rings. The summed E-state index contributed by atoms with van der Waals surface area (Å²) < 4.78 is 5.10. The summed E-state index contributed by atoms with van der Waals surface area (Å²) in [6.45, 7) is -0.0310. The van der Waals surface area contributed by atoms with Gasteiger partial charge in [-0.2, -0.15) is 0 Å². The van der Waals surface area contributed by atoms with Gasteiger partial charge in [0.15, 0.2) is 0 Å². The zero-order valence-corrected chi connectivity index (χ0v) is 14.2. The minimum Gasteiger partial charge on any atom is -0.460 e. The predicted molar refractivity (Wildman–Crippen MR) is 96.4 cm³/mol. The van der Waals surface area contributed by atoms with Gasteiger partial charge in [0.25, 0.3) is 5.91 Å². The number of hydrogen-bond donors (Lipinski definition) is 2. The first-order valence-corrected chi connectivity index (χ1v) is 8.50. The number of carbonyl (C=O) groups is 3. The second kappa shape index (κ2) is 8.29. The van der Waals surface area contributed by atoms with Crippen molar-refractivity contribution < 1.29 is 19.1 Å². The quantitative estimate of drug-likeness (QED) is 0.750. The van der Waals surface area contributed by atoms with E-state index in [0.29, 0.717) is 11.3 Å². The average molecular weight is 352 g/mol. The normalized spacial score (nSPS) is 12.9. The molecule has 0 heterocycles. The highest BCUT2D eigenvalue weighted by atomic mass is 16.5. The van der Waals surface area contributed by atoms with Crippen molar-refractivity contribution in [2.45, 2.75) is 19.4 Å². The zero-order valence-electron chi connectivity index (χ0n) is 14.2. The first kappa shape index (κ1) is 17.7. The zero-order chi connectivity index (χ0) is 18.4. The Labute approximate surface area is 151 Å². The Kier molecular flexibility index (Phi) is 5.63. The highest BCUT2D eigenvalue weighted by Crippen LogP contribution is 2.30. The Morgan fingerprint density at radius 2 is 1.65 bits per heavy atom. The Hall–Kier alpha value is -3.15. The van der Waals surface area contributed by atoms with Gasteiger partial charge in [0, 0.05) is 17.2 Å². The smallest absolute Gasteiger partial charge is 0.325 e. The van der Waals surface area contributed by atoms with Crippen LogP contribution >= 0.6 is 0 Å². The maximum atomic E-state index is 12.1. The molecule has 1 saturated carbocycles. The number of hydrogen-bond acceptors (Lipinski definition) is 4. The molecule has 6 nitrogen and oxygen atoms in total. The SMILES string of the molecule is O=C(CNC(=O)c1ccc(NC(=O)C2CC2)cc1)OCc1ccccc1. The minimum absolute atomic E-state index is 0.0170. The fourth-order valence-electron chi connectivity index (χ4n) is 2.34. The molecular formula is C20H20N2O4. The summed E-state index contributed by atoms with van der Waals surface area (Å²) in [6.07, 6.45) is 1.87. The van der Waals surface area contributed by atoms with Crippen LogP contribution in [0.2, 0.25) is 0 Å². The molecule has 0 aromatic heterocycles. The molecule has 2 N–H and O–H groups in total. The molecule has 0 atom stereocenters. The Morgan fingerprint density at radius 3 is 2.31 bits per heavy atom. The van der Waals surface area contributed by atoms with Crippen LogP contribution in [0.1, 0.15) is 28.8 Å². The van der Waals surface area contributed by atoms with E-state index in [1.165, 1.54) is 0 Å². The van der Waals surface area contributed by atoms with Crippen LogP contribution in [-0.4, -0.2) is 24.3 Å². The van der Waals surface area contributed by atoms with Crippen molar-refractivity contribution in [1.82, 2.24) is 5.32 Å². The van der Waals surface area contributed by atoms with Crippen molar-refractivity contribution in [1.29, 1.82) is 0 Å². The number of benzene rings is 2. The molecule has 0 radical (unpaired) electrons. The van der Waals surface area contributed by atoms with E-state index >= 15 is 0 Å². The lowest BCUT2D eigenvalue weighted by atomic mass is 10.2. The maximum Gasteiger partial charge on any atom is 0.325 e. The molecule has 0 bridgehead atoms. The molecule has 2 amide bonds.